The van der Waals surface area contributed by atoms with Crippen LogP contribution in [0.1, 0.15) is 5.56 Å². The van der Waals surface area contributed by atoms with Crippen LogP contribution in [0.15, 0.2) is 30.3 Å². The fourth-order valence-electron chi connectivity index (χ4n) is 1.78. The van der Waals surface area contributed by atoms with E-state index in [-0.39, 0.29) is 36.1 Å². The van der Waals surface area contributed by atoms with E-state index < -0.39 is 5.97 Å². The first-order chi connectivity index (χ1) is 8.65. The SMILES string of the molecule is O=C(O)CN1CSC(=S)N(Cc2ccccc2)C1.[Na]. The summed E-state index contributed by atoms with van der Waals surface area (Å²) in [5.74, 6) is -0.153. The van der Waals surface area contributed by atoms with Crippen molar-refractivity contribution in [3.8, 4) is 0 Å². The van der Waals surface area contributed by atoms with Crippen LogP contribution in [0.2, 0.25) is 0 Å². The number of hydrogen-bond acceptors (Lipinski definition) is 4. The molecule has 0 aliphatic carbocycles. The van der Waals surface area contributed by atoms with Crippen molar-refractivity contribution in [2.45, 2.75) is 6.54 Å². The first kappa shape index (κ1) is 16.9. The average molecular weight is 305 g/mol. The van der Waals surface area contributed by atoms with Crippen LogP contribution < -0.4 is 0 Å². The standard InChI is InChI=1S/C12H14N2O2S2.Na/c15-11(16)7-13-8-14(12(17)18-9-13)6-10-4-2-1-3-5-10;/h1-5H,6-9H2,(H,15,16);. The van der Waals surface area contributed by atoms with Gasteiger partial charge in [0.15, 0.2) is 0 Å². The Balaban J connectivity index is 0.00000180. The van der Waals surface area contributed by atoms with Gasteiger partial charge in [-0.05, 0) is 5.56 Å². The third-order valence-electron chi connectivity index (χ3n) is 2.57. The maximum atomic E-state index is 10.7. The van der Waals surface area contributed by atoms with Crippen molar-refractivity contribution >= 4 is 63.8 Å². The summed E-state index contributed by atoms with van der Waals surface area (Å²) < 4.78 is 0.834. The summed E-state index contributed by atoms with van der Waals surface area (Å²) in [6.45, 7) is 1.36. The van der Waals surface area contributed by atoms with Crippen molar-refractivity contribution in [1.29, 1.82) is 0 Å². The minimum Gasteiger partial charge on any atom is -0.480 e. The molecule has 19 heavy (non-hydrogen) atoms. The number of hydrogen-bond donors (Lipinski definition) is 1. The molecular formula is C12H14N2NaO2S2. The molecule has 1 heterocycles. The summed E-state index contributed by atoms with van der Waals surface area (Å²) in [6, 6.07) is 10.0. The van der Waals surface area contributed by atoms with E-state index >= 15 is 0 Å². The molecular weight excluding hydrogens is 291 g/mol. The molecule has 4 nitrogen and oxygen atoms in total. The van der Waals surface area contributed by atoms with Crippen LogP contribution >= 0.6 is 24.0 Å². The zero-order valence-electron chi connectivity index (χ0n) is 10.8. The molecule has 1 aliphatic rings. The zero-order chi connectivity index (χ0) is 13.0. The fourth-order valence-corrected chi connectivity index (χ4v) is 2.83. The molecule has 1 fully saturated rings. The van der Waals surface area contributed by atoms with Crippen molar-refractivity contribution in [2.24, 2.45) is 0 Å². The van der Waals surface area contributed by atoms with E-state index in [4.69, 9.17) is 17.3 Å². The van der Waals surface area contributed by atoms with Crippen LogP contribution in [0.5, 0.6) is 0 Å². The zero-order valence-corrected chi connectivity index (χ0v) is 14.4. The van der Waals surface area contributed by atoms with Gasteiger partial charge in [-0.25, -0.2) is 0 Å². The van der Waals surface area contributed by atoms with Gasteiger partial charge in [0.2, 0.25) is 0 Å². The predicted octanol–water partition coefficient (Wildman–Crippen LogP) is 1.44. The summed E-state index contributed by atoms with van der Waals surface area (Å²) in [4.78, 5) is 14.6. The Bertz CT molecular complexity index is 445. The molecule has 0 spiro atoms. The van der Waals surface area contributed by atoms with E-state index in [2.05, 4.69) is 0 Å². The second-order valence-corrected chi connectivity index (χ2v) is 5.67. The third kappa shape index (κ3) is 5.41. The summed E-state index contributed by atoms with van der Waals surface area (Å²) in [5, 5.41) is 8.81. The van der Waals surface area contributed by atoms with Gasteiger partial charge in [-0.2, -0.15) is 0 Å². The molecule has 0 unspecified atom stereocenters. The van der Waals surface area contributed by atoms with Crippen LogP contribution in [0.4, 0.5) is 0 Å². The van der Waals surface area contributed by atoms with Crippen molar-refractivity contribution in [3.05, 3.63) is 35.9 Å². The fraction of sp³-hybridized carbons (Fsp3) is 0.333. The largest absolute Gasteiger partial charge is 0.480 e. The number of aliphatic carboxylic acids is 1. The Morgan fingerprint density at radius 1 is 1.37 bits per heavy atom. The van der Waals surface area contributed by atoms with E-state index in [0.717, 1.165) is 10.9 Å². The maximum absolute atomic E-state index is 10.7. The molecule has 97 valence electrons. The Morgan fingerprint density at radius 2 is 2.05 bits per heavy atom. The molecule has 0 amide bonds. The number of nitrogens with zero attached hydrogens (tertiary/aromatic N) is 2. The van der Waals surface area contributed by atoms with Gasteiger partial charge in [-0.3, -0.25) is 9.69 Å². The second kappa shape index (κ2) is 8.24. The van der Waals surface area contributed by atoms with Gasteiger partial charge >= 0.3 is 5.97 Å². The van der Waals surface area contributed by atoms with Crippen LogP contribution in [-0.2, 0) is 11.3 Å². The molecule has 1 aromatic rings. The molecule has 0 aromatic heterocycles. The number of rotatable bonds is 4. The summed E-state index contributed by atoms with van der Waals surface area (Å²) >= 11 is 6.82. The molecule has 1 N–H and O–H groups in total. The average Bonchev–Trinajstić information content (AvgIpc) is 2.34. The molecule has 2 rings (SSSR count). The number of carbonyl (C=O) groups is 1. The quantitative estimate of drug-likeness (QED) is 0.671. The topological polar surface area (TPSA) is 43.8 Å². The summed E-state index contributed by atoms with van der Waals surface area (Å²) in [5.41, 5.74) is 1.18. The van der Waals surface area contributed by atoms with Crippen LogP contribution in [0, 0.1) is 0 Å². The molecule has 1 aliphatic heterocycles. The molecule has 1 radical (unpaired) electrons. The first-order valence-corrected chi connectivity index (χ1v) is 6.94. The Labute approximate surface area is 144 Å². The van der Waals surface area contributed by atoms with E-state index in [1.165, 1.54) is 17.3 Å². The smallest absolute Gasteiger partial charge is 0.317 e. The van der Waals surface area contributed by atoms with Crippen molar-refractivity contribution in [3.63, 3.8) is 0 Å². The second-order valence-electron chi connectivity index (χ2n) is 4.09. The monoisotopic (exact) mass is 305 g/mol. The molecule has 7 heteroatoms. The third-order valence-corrected chi connectivity index (χ3v) is 4.19. The van der Waals surface area contributed by atoms with Gasteiger partial charge in [0.25, 0.3) is 0 Å². The van der Waals surface area contributed by atoms with E-state index in [1.807, 2.05) is 40.1 Å². The van der Waals surface area contributed by atoms with Gasteiger partial charge in [0.05, 0.1) is 19.1 Å². The maximum Gasteiger partial charge on any atom is 0.317 e. The molecule has 0 saturated carbocycles. The minimum absolute atomic E-state index is 0. The normalized spacial score (nSPS) is 16.0. The number of thioether (sulfide) groups is 1. The first-order valence-electron chi connectivity index (χ1n) is 5.55. The number of carboxylic acids is 1. The molecule has 0 atom stereocenters. The summed E-state index contributed by atoms with van der Waals surface area (Å²) in [7, 11) is 0. The minimum atomic E-state index is -0.803. The molecule has 1 aromatic carbocycles. The van der Waals surface area contributed by atoms with Crippen molar-refractivity contribution in [2.75, 3.05) is 19.1 Å². The number of benzene rings is 1. The summed E-state index contributed by atoms with van der Waals surface area (Å²) in [6.07, 6.45) is 0. The number of thiocarbonyl (C=S) groups is 1. The van der Waals surface area contributed by atoms with Gasteiger partial charge < -0.3 is 10.0 Å². The van der Waals surface area contributed by atoms with Gasteiger partial charge in [0, 0.05) is 36.1 Å². The van der Waals surface area contributed by atoms with E-state index in [1.54, 1.807) is 0 Å². The van der Waals surface area contributed by atoms with Crippen LogP contribution in [0.3, 0.4) is 0 Å². The Hall–Kier alpha value is -0.110. The Morgan fingerprint density at radius 3 is 2.68 bits per heavy atom. The van der Waals surface area contributed by atoms with Gasteiger partial charge in [0.1, 0.15) is 4.32 Å². The predicted molar refractivity (Wildman–Crippen MR) is 82.0 cm³/mol. The van der Waals surface area contributed by atoms with Gasteiger partial charge in [-0.1, -0.05) is 54.3 Å². The molecule has 1 saturated heterocycles. The molecule has 0 bridgehead atoms. The van der Waals surface area contributed by atoms with E-state index in [0.29, 0.717) is 12.5 Å². The van der Waals surface area contributed by atoms with Crippen molar-refractivity contribution in [1.82, 2.24) is 9.80 Å². The Kier molecular flexibility index (Phi) is 7.35. The van der Waals surface area contributed by atoms with Crippen molar-refractivity contribution < 1.29 is 9.90 Å². The van der Waals surface area contributed by atoms with Gasteiger partial charge in [-0.15, -0.1) is 0 Å². The van der Waals surface area contributed by atoms with Crippen LogP contribution in [-0.4, -0.2) is 73.8 Å². The van der Waals surface area contributed by atoms with E-state index in [9.17, 15) is 4.79 Å². The van der Waals surface area contributed by atoms with Crippen LogP contribution in [0.25, 0.3) is 0 Å². The number of carboxylic acid groups (broad SMARTS) is 1.